The maximum absolute atomic E-state index is 6.59. The zero-order valence-corrected chi connectivity index (χ0v) is 32.3. The zero-order valence-electron chi connectivity index (χ0n) is 32.3. The van der Waals surface area contributed by atoms with Gasteiger partial charge in [0.05, 0.1) is 5.69 Å². The molecule has 3 aromatic heterocycles. The smallest absolute Gasteiger partial charge is 0.161 e. The number of aromatic nitrogens is 2. The summed E-state index contributed by atoms with van der Waals surface area (Å²) in [7, 11) is 0. The Labute approximate surface area is 345 Å². The van der Waals surface area contributed by atoms with Gasteiger partial charge in [-0.1, -0.05) is 146 Å². The highest BCUT2D eigenvalue weighted by atomic mass is 16.3. The Bertz CT molecular complexity index is 3540. The van der Waals surface area contributed by atoms with Crippen molar-refractivity contribution in [2.45, 2.75) is 0 Å². The van der Waals surface area contributed by atoms with Crippen LogP contribution in [-0.4, -0.2) is 9.97 Å². The Morgan fingerprint density at radius 1 is 0.283 bits per heavy atom. The summed E-state index contributed by atoms with van der Waals surface area (Å²) in [4.78, 5) is 10.7. The molecule has 0 aliphatic heterocycles. The minimum atomic E-state index is 0.611. The molecule has 0 fully saturated rings. The lowest BCUT2D eigenvalue weighted by Gasteiger charge is -2.13. The Balaban J connectivity index is 1.02. The molecule has 0 N–H and O–H groups in total. The summed E-state index contributed by atoms with van der Waals surface area (Å²) in [5.74, 6) is 0.611. The molecule has 0 amide bonds. The van der Waals surface area contributed by atoms with E-state index in [1.165, 1.54) is 22.3 Å². The average molecular weight is 767 g/mol. The van der Waals surface area contributed by atoms with Crippen molar-refractivity contribution in [3.63, 3.8) is 0 Å². The first-order valence-corrected chi connectivity index (χ1v) is 20.2. The van der Waals surface area contributed by atoms with Gasteiger partial charge in [0.15, 0.2) is 11.4 Å². The number of furan rings is 2. The van der Waals surface area contributed by atoms with E-state index in [-0.39, 0.29) is 0 Å². The third-order valence-electron chi connectivity index (χ3n) is 11.7. The van der Waals surface area contributed by atoms with Gasteiger partial charge in [0, 0.05) is 38.1 Å². The van der Waals surface area contributed by atoms with Crippen LogP contribution in [0.3, 0.4) is 0 Å². The zero-order chi connectivity index (χ0) is 39.6. The first-order chi connectivity index (χ1) is 29.7. The van der Waals surface area contributed by atoms with Crippen molar-refractivity contribution in [3.8, 4) is 67.2 Å². The van der Waals surface area contributed by atoms with Gasteiger partial charge in [-0.2, -0.15) is 0 Å². The fraction of sp³-hybridized carbons (Fsp3) is 0. The first-order valence-electron chi connectivity index (χ1n) is 20.2. The van der Waals surface area contributed by atoms with E-state index in [1.54, 1.807) is 0 Å². The van der Waals surface area contributed by atoms with E-state index in [0.717, 1.165) is 93.9 Å². The second kappa shape index (κ2) is 13.8. The van der Waals surface area contributed by atoms with Crippen LogP contribution in [0.15, 0.2) is 215 Å². The van der Waals surface area contributed by atoms with Crippen LogP contribution in [0.5, 0.6) is 0 Å². The largest absolute Gasteiger partial charge is 0.455 e. The molecule has 12 aromatic rings. The third kappa shape index (κ3) is 5.69. The SMILES string of the molecule is c1ccc(-c2cc(-c3ccccc3)cc(-c3cccc(-c4cccc(-c5nc(-c6cccc7c6oc6ccccc67)c6ccc7c8ccccc8oc7c6n5)c4)c3)c2)cc1. The van der Waals surface area contributed by atoms with Crippen LogP contribution >= 0.6 is 0 Å². The quantitative estimate of drug-likeness (QED) is 0.169. The standard InChI is InChI=1S/C56H34N2O2/c1-3-14-35(15-4-1)41-32-42(36-16-5-2-6-17-36)34-43(33-41)39-20-11-18-37(30-39)38-19-12-21-40(31-38)56-57-52(49-25-13-24-46-44-22-7-9-26-50(44)59-54(46)49)48-29-28-47-45-23-8-10-27-51(45)60-55(47)53(48)58-56/h1-34H. The molecule has 4 heteroatoms. The number of fused-ring (bicyclic) bond motifs is 8. The molecule has 0 aliphatic carbocycles. The van der Waals surface area contributed by atoms with Crippen LogP contribution in [-0.2, 0) is 0 Å². The summed E-state index contributed by atoms with van der Waals surface area (Å²) >= 11 is 0. The molecule has 0 aliphatic rings. The molecular weight excluding hydrogens is 733 g/mol. The normalized spacial score (nSPS) is 11.7. The van der Waals surface area contributed by atoms with Gasteiger partial charge in [-0.25, -0.2) is 9.97 Å². The lowest BCUT2D eigenvalue weighted by molar-refractivity contribution is 0.669. The summed E-state index contributed by atoms with van der Waals surface area (Å²) in [6.45, 7) is 0. The summed E-state index contributed by atoms with van der Waals surface area (Å²) in [5, 5.41) is 5.10. The van der Waals surface area contributed by atoms with E-state index in [9.17, 15) is 0 Å². The maximum Gasteiger partial charge on any atom is 0.161 e. The molecule has 0 atom stereocenters. The Morgan fingerprint density at radius 2 is 0.717 bits per heavy atom. The molecule has 0 saturated heterocycles. The fourth-order valence-corrected chi connectivity index (χ4v) is 8.75. The summed E-state index contributed by atoms with van der Waals surface area (Å²) in [5.41, 5.74) is 15.8. The van der Waals surface area contributed by atoms with Gasteiger partial charge in [0.1, 0.15) is 22.3 Å². The van der Waals surface area contributed by atoms with Crippen molar-refractivity contribution in [1.82, 2.24) is 9.97 Å². The first kappa shape index (κ1) is 34.0. The number of rotatable bonds is 6. The third-order valence-corrected chi connectivity index (χ3v) is 11.7. The van der Waals surface area contributed by atoms with Crippen molar-refractivity contribution in [2.75, 3.05) is 0 Å². The summed E-state index contributed by atoms with van der Waals surface area (Å²) in [6, 6.07) is 72.3. The second-order valence-corrected chi connectivity index (χ2v) is 15.3. The Hall–Kier alpha value is -8.08. The fourth-order valence-electron chi connectivity index (χ4n) is 8.75. The monoisotopic (exact) mass is 766 g/mol. The molecule has 280 valence electrons. The minimum absolute atomic E-state index is 0.611. The number of benzene rings is 9. The van der Waals surface area contributed by atoms with Gasteiger partial charge in [-0.05, 0) is 105 Å². The average Bonchev–Trinajstić information content (AvgIpc) is 3.91. The van der Waals surface area contributed by atoms with Crippen molar-refractivity contribution < 1.29 is 8.83 Å². The van der Waals surface area contributed by atoms with Crippen molar-refractivity contribution in [2.24, 2.45) is 0 Å². The van der Waals surface area contributed by atoms with E-state index < -0.39 is 0 Å². The topological polar surface area (TPSA) is 52.1 Å². The number of hydrogen-bond donors (Lipinski definition) is 0. The number of para-hydroxylation sites is 3. The van der Waals surface area contributed by atoms with Gasteiger partial charge in [-0.3, -0.25) is 0 Å². The molecule has 0 radical (unpaired) electrons. The Kier molecular flexibility index (Phi) is 7.82. The number of hydrogen-bond acceptors (Lipinski definition) is 4. The van der Waals surface area contributed by atoms with Crippen LogP contribution < -0.4 is 0 Å². The highest BCUT2D eigenvalue weighted by Crippen LogP contribution is 2.42. The lowest BCUT2D eigenvalue weighted by Crippen LogP contribution is -1.96. The van der Waals surface area contributed by atoms with E-state index in [2.05, 4.69) is 170 Å². The predicted molar refractivity (Wildman–Crippen MR) is 247 cm³/mol. The van der Waals surface area contributed by atoms with Crippen LogP contribution in [0.1, 0.15) is 0 Å². The number of nitrogens with zero attached hydrogens (tertiary/aromatic N) is 2. The molecule has 0 unspecified atom stereocenters. The van der Waals surface area contributed by atoms with E-state index >= 15 is 0 Å². The van der Waals surface area contributed by atoms with Gasteiger partial charge >= 0.3 is 0 Å². The molecule has 60 heavy (non-hydrogen) atoms. The molecule has 0 spiro atoms. The van der Waals surface area contributed by atoms with Gasteiger partial charge < -0.3 is 8.83 Å². The lowest BCUT2D eigenvalue weighted by atomic mass is 9.92. The Morgan fingerprint density at radius 3 is 1.37 bits per heavy atom. The molecular formula is C56H34N2O2. The van der Waals surface area contributed by atoms with Crippen molar-refractivity contribution in [3.05, 3.63) is 206 Å². The van der Waals surface area contributed by atoms with Gasteiger partial charge in [0.2, 0.25) is 0 Å². The maximum atomic E-state index is 6.59. The van der Waals surface area contributed by atoms with Gasteiger partial charge in [-0.15, -0.1) is 0 Å². The summed E-state index contributed by atoms with van der Waals surface area (Å²) in [6.07, 6.45) is 0. The molecule has 0 saturated carbocycles. The molecule has 4 nitrogen and oxygen atoms in total. The van der Waals surface area contributed by atoms with Crippen LogP contribution in [0, 0.1) is 0 Å². The van der Waals surface area contributed by atoms with Crippen molar-refractivity contribution in [1.29, 1.82) is 0 Å². The molecule has 3 heterocycles. The van der Waals surface area contributed by atoms with Gasteiger partial charge in [0.25, 0.3) is 0 Å². The van der Waals surface area contributed by atoms with E-state index in [4.69, 9.17) is 18.8 Å². The molecule has 12 rings (SSSR count). The van der Waals surface area contributed by atoms with Crippen LogP contribution in [0.2, 0.25) is 0 Å². The molecule has 0 bridgehead atoms. The van der Waals surface area contributed by atoms with Crippen molar-refractivity contribution >= 4 is 54.8 Å². The highest BCUT2D eigenvalue weighted by Gasteiger charge is 2.21. The van der Waals surface area contributed by atoms with Crippen LogP contribution in [0.25, 0.3) is 122 Å². The summed E-state index contributed by atoms with van der Waals surface area (Å²) < 4.78 is 13.2. The minimum Gasteiger partial charge on any atom is -0.455 e. The second-order valence-electron chi connectivity index (χ2n) is 15.3. The predicted octanol–water partition coefficient (Wildman–Crippen LogP) is 15.4. The molecule has 9 aromatic carbocycles. The van der Waals surface area contributed by atoms with E-state index in [1.807, 2.05) is 36.4 Å². The highest BCUT2D eigenvalue weighted by molar-refractivity contribution is 6.18. The van der Waals surface area contributed by atoms with E-state index in [0.29, 0.717) is 5.82 Å². The van der Waals surface area contributed by atoms with Crippen LogP contribution in [0.4, 0.5) is 0 Å².